The van der Waals surface area contributed by atoms with Crippen molar-refractivity contribution in [3.8, 4) is 0 Å². The predicted molar refractivity (Wildman–Crippen MR) is 110 cm³/mol. The first-order valence-corrected chi connectivity index (χ1v) is 9.88. The van der Waals surface area contributed by atoms with Crippen LogP contribution in [0, 0.1) is 0 Å². The molecule has 1 aliphatic heterocycles. The zero-order chi connectivity index (χ0) is 18.3. The Kier molecular flexibility index (Phi) is 5.98. The number of benzene rings is 3. The number of hydrogen-bond acceptors (Lipinski definition) is 2. The van der Waals surface area contributed by atoms with Crippen molar-refractivity contribution in [2.75, 3.05) is 13.2 Å². The van der Waals surface area contributed by atoms with E-state index in [1.807, 2.05) is 0 Å². The molecule has 1 aliphatic rings. The number of rotatable bonds is 7. The lowest BCUT2D eigenvalue weighted by Gasteiger charge is -2.29. The van der Waals surface area contributed by atoms with Crippen LogP contribution in [0.5, 0.6) is 0 Å². The summed E-state index contributed by atoms with van der Waals surface area (Å²) in [6, 6.07) is 30.2. The molecule has 3 aromatic carbocycles. The standard InChI is InChI=1S/C25H27NO/c1-3-9-21(10-4-1)19-26(20-22-11-5-2-6-12-22)17-15-25-24-14-8-7-13-23(24)16-18-27-25/h1-14,25H,15-20H2/t25-/m0/s1. The van der Waals surface area contributed by atoms with Crippen molar-refractivity contribution in [3.63, 3.8) is 0 Å². The van der Waals surface area contributed by atoms with Crippen LogP contribution in [0.15, 0.2) is 84.9 Å². The van der Waals surface area contributed by atoms with Crippen LogP contribution < -0.4 is 0 Å². The van der Waals surface area contributed by atoms with Gasteiger partial charge in [0.1, 0.15) is 0 Å². The molecule has 2 heteroatoms. The molecule has 0 unspecified atom stereocenters. The Morgan fingerprint density at radius 2 is 1.33 bits per heavy atom. The third-order valence-corrected chi connectivity index (χ3v) is 5.30. The molecule has 27 heavy (non-hydrogen) atoms. The fourth-order valence-corrected chi connectivity index (χ4v) is 3.91. The summed E-state index contributed by atoms with van der Waals surface area (Å²) in [4.78, 5) is 2.53. The second-order valence-corrected chi connectivity index (χ2v) is 7.28. The first kappa shape index (κ1) is 18.0. The summed E-state index contributed by atoms with van der Waals surface area (Å²) in [7, 11) is 0. The third-order valence-electron chi connectivity index (χ3n) is 5.30. The average molecular weight is 357 g/mol. The zero-order valence-corrected chi connectivity index (χ0v) is 15.8. The summed E-state index contributed by atoms with van der Waals surface area (Å²) in [5, 5.41) is 0. The number of ether oxygens (including phenoxy) is 1. The summed E-state index contributed by atoms with van der Waals surface area (Å²) < 4.78 is 6.13. The van der Waals surface area contributed by atoms with Gasteiger partial charge in [0.15, 0.2) is 0 Å². The maximum Gasteiger partial charge on any atom is 0.0839 e. The number of fused-ring (bicyclic) bond motifs is 1. The molecule has 0 amide bonds. The average Bonchev–Trinajstić information content (AvgIpc) is 2.73. The molecule has 0 aliphatic carbocycles. The summed E-state index contributed by atoms with van der Waals surface area (Å²) >= 11 is 0. The molecule has 1 heterocycles. The molecule has 0 spiro atoms. The van der Waals surface area contributed by atoms with Gasteiger partial charge in [-0.15, -0.1) is 0 Å². The van der Waals surface area contributed by atoms with E-state index >= 15 is 0 Å². The Balaban J connectivity index is 1.46. The van der Waals surface area contributed by atoms with Crippen molar-refractivity contribution in [1.82, 2.24) is 4.90 Å². The van der Waals surface area contributed by atoms with Crippen LogP contribution in [0.4, 0.5) is 0 Å². The highest BCUT2D eigenvalue weighted by Crippen LogP contribution is 2.30. The van der Waals surface area contributed by atoms with Gasteiger partial charge in [-0.25, -0.2) is 0 Å². The molecule has 4 rings (SSSR count). The van der Waals surface area contributed by atoms with Crippen molar-refractivity contribution >= 4 is 0 Å². The molecule has 0 radical (unpaired) electrons. The van der Waals surface area contributed by atoms with Crippen LogP contribution in [-0.2, 0) is 24.2 Å². The van der Waals surface area contributed by atoms with Gasteiger partial charge in [-0.1, -0.05) is 84.9 Å². The molecule has 0 saturated heterocycles. The SMILES string of the molecule is c1ccc(CN(CC[C@@H]2OCCc3ccccc32)Cc2ccccc2)cc1. The second kappa shape index (κ2) is 8.98. The lowest BCUT2D eigenvalue weighted by molar-refractivity contribution is 0.0280. The van der Waals surface area contributed by atoms with Crippen molar-refractivity contribution in [2.45, 2.75) is 32.0 Å². The molecular formula is C25H27NO. The minimum atomic E-state index is 0.212. The van der Waals surface area contributed by atoms with Crippen LogP contribution in [0.3, 0.4) is 0 Å². The van der Waals surface area contributed by atoms with Crippen LogP contribution in [0.25, 0.3) is 0 Å². The molecule has 2 nitrogen and oxygen atoms in total. The van der Waals surface area contributed by atoms with Gasteiger partial charge in [-0.2, -0.15) is 0 Å². The molecule has 1 atom stereocenters. The van der Waals surface area contributed by atoms with E-state index in [9.17, 15) is 0 Å². The number of hydrogen-bond donors (Lipinski definition) is 0. The van der Waals surface area contributed by atoms with Crippen LogP contribution in [0.1, 0.15) is 34.8 Å². The summed E-state index contributed by atoms with van der Waals surface area (Å²) in [6.45, 7) is 3.77. The van der Waals surface area contributed by atoms with Gasteiger partial charge < -0.3 is 4.74 Å². The smallest absolute Gasteiger partial charge is 0.0839 e. The largest absolute Gasteiger partial charge is 0.373 e. The van der Waals surface area contributed by atoms with Crippen LogP contribution in [0.2, 0.25) is 0 Å². The molecule has 0 saturated carbocycles. The monoisotopic (exact) mass is 357 g/mol. The molecular weight excluding hydrogens is 330 g/mol. The molecule has 0 aromatic heterocycles. The quantitative estimate of drug-likeness (QED) is 0.562. The van der Waals surface area contributed by atoms with Crippen molar-refractivity contribution in [2.24, 2.45) is 0 Å². The van der Waals surface area contributed by atoms with Gasteiger partial charge in [-0.3, -0.25) is 4.90 Å². The topological polar surface area (TPSA) is 12.5 Å². The maximum atomic E-state index is 6.13. The van der Waals surface area contributed by atoms with Gasteiger partial charge in [0.05, 0.1) is 12.7 Å². The first-order valence-electron chi connectivity index (χ1n) is 9.88. The van der Waals surface area contributed by atoms with E-state index in [1.165, 1.54) is 22.3 Å². The Morgan fingerprint density at radius 1 is 0.741 bits per heavy atom. The second-order valence-electron chi connectivity index (χ2n) is 7.28. The molecule has 138 valence electrons. The Morgan fingerprint density at radius 3 is 2.00 bits per heavy atom. The highest BCUT2D eigenvalue weighted by Gasteiger charge is 2.21. The van der Waals surface area contributed by atoms with E-state index in [0.29, 0.717) is 0 Å². The highest BCUT2D eigenvalue weighted by molar-refractivity contribution is 5.31. The van der Waals surface area contributed by atoms with E-state index in [2.05, 4.69) is 89.8 Å². The molecule has 0 N–H and O–H groups in total. The number of nitrogens with zero attached hydrogens (tertiary/aromatic N) is 1. The van der Waals surface area contributed by atoms with Gasteiger partial charge in [0.25, 0.3) is 0 Å². The molecule has 3 aromatic rings. The maximum absolute atomic E-state index is 6.13. The Bertz CT molecular complexity index is 790. The Labute approximate surface area is 162 Å². The first-order chi connectivity index (χ1) is 13.4. The Hall–Kier alpha value is -2.42. The third kappa shape index (κ3) is 4.85. The van der Waals surface area contributed by atoms with Crippen molar-refractivity contribution < 1.29 is 4.74 Å². The van der Waals surface area contributed by atoms with Gasteiger partial charge in [-0.05, 0) is 35.1 Å². The van der Waals surface area contributed by atoms with E-state index in [-0.39, 0.29) is 6.10 Å². The van der Waals surface area contributed by atoms with E-state index in [4.69, 9.17) is 4.74 Å². The minimum absolute atomic E-state index is 0.212. The summed E-state index contributed by atoms with van der Waals surface area (Å²) in [5.41, 5.74) is 5.55. The van der Waals surface area contributed by atoms with Crippen LogP contribution in [-0.4, -0.2) is 18.1 Å². The lowest BCUT2D eigenvalue weighted by atomic mass is 9.95. The summed E-state index contributed by atoms with van der Waals surface area (Å²) in [6.07, 6.45) is 2.27. The molecule has 0 bridgehead atoms. The van der Waals surface area contributed by atoms with E-state index < -0.39 is 0 Å². The predicted octanol–water partition coefficient (Wildman–Crippen LogP) is 5.39. The van der Waals surface area contributed by atoms with E-state index in [0.717, 1.165) is 39.1 Å². The van der Waals surface area contributed by atoms with Gasteiger partial charge >= 0.3 is 0 Å². The fraction of sp³-hybridized carbons (Fsp3) is 0.280. The van der Waals surface area contributed by atoms with Crippen molar-refractivity contribution in [3.05, 3.63) is 107 Å². The molecule has 0 fully saturated rings. The minimum Gasteiger partial charge on any atom is -0.373 e. The van der Waals surface area contributed by atoms with Gasteiger partial charge in [0.2, 0.25) is 0 Å². The van der Waals surface area contributed by atoms with Crippen LogP contribution >= 0.6 is 0 Å². The van der Waals surface area contributed by atoms with E-state index in [1.54, 1.807) is 0 Å². The van der Waals surface area contributed by atoms with Gasteiger partial charge in [0, 0.05) is 19.6 Å². The zero-order valence-electron chi connectivity index (χ0n) is 15.8. The lowest BCUT2D eigenvalue weighted by Crippen LogP contribution is -2.27. The normalized spacial score (nSPS) is 16.3. The van der Waals surface area contributed by atoms with Crippen molar-refractivity contribution in [1.29, 1.82) is 0 Å². The highest BCUT2D eigenvalue weighted by atomic mass is 16.5. The summed E-state index contributed by atoms with van der Waals surface area (Å²) in [5.74, 6) is 0. The fourth-order valence-electron chi connectivity index (χ4n) is 3.91.